The smallest absolute Gasteiger partial charge is 0.249 e. The number of aryl methyl sites for hydroxylation is 1. The summed E-state index contributed by atoms with van der Waals surface area (Å²) in [5.74, 6) is -0.233. The summed E-state index contributed by atoms with van der Waals surface area (Å²) in [4.78, 5) is 13.1. The van der Waals surface area contributed by atoms with Crippen molar-refractivity contribution >= 4 is 44.3 Å². The van der Waals surface area contributed by atoms with Crippen molar-refractivity contribution in [1.82, 2.24) is 0 Å². The van der Waals surface area contributed by atoms with Gasteiger partial charge < -0.3 is 5.32 Å². The number of nitriles is 1. The topological polar surface area (TPSA) is 52.9 Å². The van der Waals surface area contributed by atoms with E-state index in [2.05, 4.69) is 27.3 Å². The number of thiophene rings is 1. The summed E-state index contributed by atoms with van der Waals surface area (Å²) in [6.07, 6.45) is 4.01. The van der Waals surface area contributed by atoms with Gasteiger partial charge in [-0.3, -0.25) is 4.79 Å². The Hall–Kier alpha value is -1.90. The Bertz CT molecular complexity index is 754. The zero-order valence-electron chi connectivity index (χ0n) is 12.3. The molecule has 1 aromatic heterocycles. The third-order valence-corrected chi connectivity index (χ3v) is 4.80. The van der Waals surface area contributed by atoms with Crippen LogP contribution < -0.4 is 5.32 Å². The van der Waals surface area contributed by atoms with Crippen molar-refractivity contribution in [2.75, 3.05) is 5.32 Å². The summed E-state index contributed by atoms with van der Waals surface area (Å²) in [7, 11) is 0. The molecular formula is C17H15BrN2OS. The Morgan fingerprint density at radius 3 is 2.68 bits per heavy atom. The lowest BCUT2D eigenvalue weighted by Crippen LogP contribution is -2.07. The first-order valence-electron chi connectivity index (χ1n) is 6.82. The third-order valence-electron chi connectivity index (χ3n) is 3.21. The van der Waals surface area contributed by atoms with Crippen LogP contribution >= 0.6 is 27.3 Å². The number of carbonyl (C=O) groups excluding carboxylic acids is 1. The Labute approximate surface area is 142 Å². The fourth-order valence-electron chi connectivity index (χ4n) is 2.11. The number of anilines is 1. The number of amides is 1. The number of nitrogens with one attached hydrogen (secondary N) is 1. The molecule has 0 saturated heterocycles. The minimum atomic E-state index is -0.233. The summed E-state index contributed by atoms with van der Waals surface area (Å²) in [5, 5.41) is 12.7. The number of carbonyl (C=O) groups is 1. The molecule has 0 aliphatic carbocycles. The van der Waals surface area contributed by atoms with Gasteiger partial charge in [0, 0.05) is 15.4 Å². The first-order chi connectivity index (χ1) is 10.5. The molecule has 2 rings (SSSR count). The lowest BCUT2D eigenvalue weighted by molar-refractivity contribution is -0.111. The highest BCUT2D eigenvalue weighted by molar-refractivity contribution is 9.10. The van der Waals surface area contributed by atoms with Crippen molar-refractivity contribution in [3.8, 4) is 6.07 Å². The second-order valence-electron chi connectivity index (χ2n) is 4.68. The Balaban J connectivity index is 2.13. The van der Waals surface area contributed by atoms with Crippen LogP contribution in [0.15, 0.2) is 34.8 Å². The first kappa shape index (κ1) is 16.5. The molecule has 1 N–H and O–H groups in total. The van der Waals surface area contributed by atoms with Gasteiger partial charge in [-0.15, -0.1) is 11.3 Å². The van der Waals surface area contributed by atoms with E-state index in [1.807, 2.05) is 38.1 Å². The number of hydrogen-bond acceptors (Lipinski definition) is 3. The van der Waals surface area contributed by atoms with Gasteiger partial charge in [-0.05, 0) is 42.7 Å². The molecule has 0 saturated carbocycles. The molecule has 0 fully saturated rings. The largest absolute Gasteiger partial charge is 0.313 e. The summed E-state index contributed by atoms with van der Waals surface area (Å²) in [5.41, 5.74) is 2.53. The zero-order chi connectivity index (χ0) is 16.1. The quantitative estimate of drug-likeness (QED) is 0.773. The lowest BCUT2D eigenvalue weighted by atomic mass is 10.1. The average molecular weight is 375 g/mol. The number of benzene rings is 1. The molecule has 1 aromatic carbocycles. The molecular weight excluding hydrogens is 360 g/mol. The van der Waals surface area contributed by atoms with Crippen molar-refractivity contribution < 1.29 is 4.79 Å². The maximum absolute atomic E-state index is 12.0. The normalized spacial score (nSPS) is 10.6. The van der Waals surface area contributed by atoms with E-state index in [4.69, 9.17) is 0 Å². The van der Waals surface area contributed by atoms with Crippen LogP contribution in [-0.2, 0) is 11.2 Å². The molecule has 0 radical (unpaired) electrons. The van der Waals surface area contributed by atoms with Crippen LogP contribution in [-0.4, -0.2) is 5.91 Å². The van der Waals surface area contributed by atoms with Crippen LogP contribution in [0.3, 0.4) is 0 Å². The van der Waals surface area contributed by atoms with Gasteiger partial charge in [0.05, 0.1) is 5.56 Å². The van der Waals surface area contributed by atoms with E-state index in [-0.39, 0.29) is 5.91 Å². The highest BCUT2D eigenvalue weighted by atomic mass is 79.9. The fourth-order valence-corrected chi connectivity index (χ4v) is 3.47. The molecule has 5 heteroatoms. The van der Waals surface area contributed by atoms with Gasteiger partial charge in [-0.1, -0.05) is 35.0 Å². The van der Waals surface area contributed by atoms with Crippen molar-refractivity contribution in [3.05, 3.63) is 56.4 Å². The maximum atomic E-state index is 12.0. The monoisotopic (exact) mass is 374 g/mol. The Kier molecular flexibility index (Phi) is 5.53. The molecule has 1 amide bonds. The van der Waals surface area contributed by atoms with Gasteiger partial charge in [-0.25, -0.2) is 0 Å². The van der Waals surface area contributed by atoms with Gasteiger partial charge >= 0.3 is 0 Å². The summed E-state index contributed by atoms with van der Waals surface area (Å²) in [6.45, 7) is 3.98. The van der Waals surface area contributed by atoms with E-state index in [1.165, 1.54) is 17.4 Å². The molecule has 1 heterocycles. The first-order valence-corrected chi connectivity index (χ1v) is 8.43. The molecule has 0 atom stereocenters. The fraction of sp³-hybridized carbons (Fsp3) is 0.176. The van der Waals surface area contributed by atoms with Gasteiger partial charge in [0.25, 0.3) is 0 Å². The van der Waals surface area contributed by atoms with Crippen LogP contribution in [0, 0.1) is 18.3 Å². The molecule has 3 nitrogen and oxygen atoms in total. The van der Waals surface area contributed by atoms with Crippen LogP contribution in [0.4, 0.5) is 5.00 Å². The second-order valence-corrected chi connectivity index (χ2v) is 6.82. The highest BCUT2D eigenvalue weighted by Gasteiger charge is 2.15. The molecule has 112 valence electrons. The van der Waals surface area contributed by atoms with Crippen LogP contribution in [0.5, 0.6) is 0 Å². The minimum absolute atomic E-state index is 0.233. The standard InChI is InChI=1S/C17H15BrN2OS/c1-3-14-11(2)22-17(15(14)10-19)20-16(21)9-6-12-4-7-13(18)8-5-12/h4-9H,3H2,1-2H3,(H,20,21). The number of halogens is 1. The number of hydrogen-bond donors (Lipinski definition) is 1. The lowest BCUT2D eigenvalue weighted by Gasteiger charge is -2.00. The predicted molar refractivity (Wildman–Crippen MR) is 95.0 cm³/mol. The van der Waals surface area contributed by atoms with E-state index >= 15 is 0 Å². The average Bonchev–Trinajstić information content (AvgIpc) is 2.81. The zero-order valence-corrected chi connectivity index (χ0v) is 14.7. The van der Waals surface area contributed by atoms with E-state index in [9.17, 15) is 10.1 Å². The Morgan fingerprint density at radius 2 is 2.09 bits per heavy atom. The van der Waals surface area contributed by atoms with E-state index in [0.717, 1.165) is 26.9 Å². The highest BCUT2D eigenvalue weighted by Crippen LogP contribution is 2.32. The van der Waals surface area contributed by atoms with Gasteiger partial charge in [0.15, 0.2) is 0 Å². The minimum Gasteiger partial charge on any atom is -0.313 e. The van der Waals surface area contributed by atoms with Gasteiger partial charge in [0.2, 0.25) is 5.91 Å². The van der Waals surface area contributed by atoms with E-state index in [0.29, 0.717) is 10.6 Å². The summed E-state index contributed by atoms with van der Waals surface area (Å²) in [6, 6.07) is 9.86. The van der Waals surface area contributed by atoms with Gasteiger partial charge in [0.1, 0.15) is 11.1 Å². The molecule has 2 aromatic rings. The van der Waals surface area contributed by atoms with Crippen molar-refractivity contribution in [2.45, 2.75) is 20.3 Å². The van der Waals surface area contributed by atoms with Gasteiger partial charge in [-0.2, -0.15) is 5.26 Å². The van der Waals surface area contributed by atoms with Crippen LogP contribution in [0.2, 0.25) is 0 Å². The SMILES string of the molecule is CCc1c(C)sc(NC(=O)C=Cc2ccc(Br)cc2)c1C#N. The Morgan fingerprint density at radius 1 is 1.41 bits per heavy atom. The van der Waals surface area contributed by atoms with E-state index in [1.54, 1.807) is 6.08 Å². The molecule has 0 unspecified atom stereocenters. The number of rotatable bonds is 4. The summed E-state index contributed by atoms with van der Waals surface area (Å²) < 4.78 is 0.994. The molecule has 22 heavy (non-hydrogen) atoms. The summed E-state index contributed by atoms with van der Waals surface area (Å²) >= 11 is 4.82. The predicted octanol–water partition coefficient (Wildman–Crippen LogP) is 4.91. The second kappa shape index (κ2) is 7.39. The van der Waals surface area contributed by atoms with Crippen LogP contribution in [0.25, 0.3) is 6.08 Å². The third kappa shape index (κ3) is 3.85. The molecule has 0 spiro atoms. The molecule has 0 bridgehead atoms. The number of nitrogens with zero attached hydrogens (tertiary/aromatic N) is 1. The molecule has 0 aliphatic heterocycles. The van der Waals surface area contributed by atoms with Crippen LogP contribution in [0.1, 0.15) is 28.5 Å². The molecule has 0 aliphatic rings. The maximum Gasteiger partial charge on any atom is 0.249 e. The van der Waals surface area contributed by atoms with Crippen molar-refractivity contribution in [3.63, 3.8) is 0 Å². The van der Waals surface area contributed by atoms with Crippen molar-refractivity contribution in [1.29, 1.82) is 5.26 Å². The van der Waals surface area contributed by atoms with E-state index < -0.39 is 0 Å². The van der Waals surface area contributed by atoms with Crippen molar-refractivity contribution in [2.24, 2.45) is 0 Å².